The molecule has 1 aromatic carbocycles. The Bertz CT molecular complexity index is 754. The van der Waals surface area contributed by atoms with Crippen LogP contribution in [0, 0.1) is 5.82 Å². The summed E-state index contributed by atoms with van der Waals surface area (Å²) in [4.78, 5) is 0.0857. The molecule has 1 aromatic heterocycles. The highest BCUT2D eigenvalue weighted by Crippen LogP contribution is 2.30. The van der Waals surface area contributed by atoms with Crippen LogP contribution in [0.1, 0.15) is 25.3 Å². The van der Waals surface area contributed by atoms with Crippen molar-refractivity contribution in [2.75, 3.05) is 6.26 Å². The van der Waals surface area contributed by atoms with E-state index in [0.717, 1.165) is 6.26 Å². The highest BCUT2D eigenvalue weighted by Gasteiger charge is 2.18. The van der Waals surface area contributed by atoms with E-state index in [1.807, 2.05) is 13.8 Å². The van der Waals surface area contributed by atoms with E-state index in [2.05, 4.69) is 5.10 Å². The van der Waals surface area contributed by atoms with E-state index in [4.69, 9.17) is 11.6 Å². The third-order valence-corrected chi connectivity index (χ3v) is 4.28. The number of benzene rings is 1. The van der Waals surface area contributed by atoms with Crippen LogP contribution in [0.5, 0.6) is 0 Å². The van der Waals surface area contributed by atoms with Gasteiger partial charge < -0.3 is 0 Å². The van der Waals surface area contributed by atoms with Crippen LogP contribution in [-0.4, -0.2) is 24.5 Å². The van der Waals surface area contributed by atoms with Crippen molar-refractivity contribution >= 4 is 21.4 Å². The lowest BCUT2D eigenvalue weighted by atomic mass is 10.0. The summed E-state index contributed by atoms with van der Waals surface area (Å²) in [6.07, 6.45) is 3.70. The van der Waals surface area contributed by atoms with E-state index in [-0.39, 0.29) is 15.8 Å². The van der Waals surface area contributed by atoms with Crippen molar-refractivity contribution in [2.45, 2.75) is 24.7 Å². The summed E-state index contributed by atoms with van der Waals surface area (Å²) in [7, 11) is -3.34. The molecule has 0 saturated carbocycles. The third kappa shape index (κ3) is 2.71. The fourth-order valence-electron chi connectivity index (χ4n) is 1.93. The van der Waals surface area contributed by atoms with Crippen molar-refractivity contribution in [1.29, 1.82) is 0 Å². The summed E-state index contributed by atoms with van der Waals surface area (Å²) in [5.74, 6) is -0.620. The maximum atomic E-state index is 14.1. The average Bonchev–Trinajstić information content (AvgIpc) is 2.80. The van der Waals surface area contributed by atoms with Crippen LogP contribution in [0.3, 0.4) is 0 Å². The lowest BCUT2D eigenvalue weighted by molar-refractivity contribution is 0.594. The van der Waals surface area contributed by atoms with E-state index >= 15 is 0 Å². The molecule has 0 fully saturated rings. The summed E-state index contributed by atoms with van der Waals surface area (Å²) in [6, 6.07) is 3.06. The second-order valence-electron chi connectivity index (χ2n) is 4.84. The molecular weight excluding hydrogens is 303 g/mol. The molecule has 2 rings (SSSR count). The second kappa shape index (κ2) is 5.18. The molecule has 0 radical (unpaired) electrons. The maximum Gasteiger partial charge on any atom is 0.178 e. The van der Waals surface area contributed by atoms with Gasteiger partial charge in [-0.3, -0.25) is 0 Å². The van der Waals surface area contributed by atoms with Crippen LogP contribution in [-0.2, 0) is 9.84 Å². The largest absolute Gasteiger partial charge is 0.239 e. The molecule has 20 heavy (non-hydrogen) atoms. The Morgan fingerprint density at radius 1 is 1.35 bits per heavy atom. The highest BCUT2D eigenvalue weighted by molar-refractivity contribution is 7.90. The molecule has 0 unspecified atom stereocenters. The molecule has 0 saturated heterocycles. The van der Waals surface area contributed by atoms with Crippen molar-refractivity contribution in [3.63, 3.8) is 0 Å². The van der Waals surface area contributed by atoms with E-state index < -0.39 is 15.7 Å². The highest BCUT2D eigenvalue weighted by atomic mass is 35.5. The number of sulfone groups is 1. The van der Waals surface area contributed by atoms with Crippen LogP contribution in [0.4, 0.5) is 4.39 Å². The van der Waals surface area contributed by atoms with E-state index in [1.54, 1.807) is 6.07 Å². The van der Waals surface area contributed by atoms with E-state index in [0.29, 0.717) is 11.3 Å². The lowest BCUT2D eigenvalue weighted by Crippen LogP contribution is -2.05. The molecule has 0 bridgehead atoms. The number of hydrogen-bond donors (Lipinski definition) is 0. The molecule has 0 aliphatic rings. The molecular formula is C13H14ClFN2O2S. The molecule has 2 aromatic rings. The summed E-state index contributed by atoms with van der Waals surface area (Å²) < 4.78 is 38.4. The molecule has 0 spiro atoms. The van der Waals surface area contributed by atoms with Crippen molar-refractivity contribution in [1.82, 2.24) is 9.78 Å². The van der Waals surface area contributed by atoms with Gasteiger partial charge in [0.15, 0.2) is 9.84 Å². The summed E-state index contributed by atoms with van der Waals surface area (Å²) in [5, 5.41) is 4.03. The fourth-order valence-corrected chi connectivity index (χ4v) is 2.63. The zero-order chi connectivity index (χ0) is 15.1. The van der Waals surface area contributed by atoms with Crippen molar-refractivity contribution in [3.05, 3.63) is 40.9 Å². The van der Waals surface area contributed by atoms with Gasteiger partial charge in [0.25, 0.3) is 0 Å². The summed E-state index contributed by atoms with van der Waals surface area (Å²) in [5.41, 5.74) is 0.887. The Balaban J connectivity index is 2.64. The molecule has 0 atom stereocenters. The topological polar surface area (TPSA) is 52.0 Å². The van der Waals surface area contributed by atoms with Gasteiger partial charge in [-0.15, -0.1) is 0 Å². The molecule has 0 aliphatic carbocycles. The van der Waals surface area contributed by atoms with E-state index in [9.17, 15) is 12.8 Å². The Hall–Kier alpha value is -1.40. The van der Waals surface area contributed by atoms with Gasteiger partial charge in [-0.05, 0) is 18.1 Å². The van der Waals surface area contributed by atoms with Gasteiger partial charge in [-0.1, -0.05) is 25.4 Å². The van der Waals surface area contributed by atoms with Gasteiger partial charge >= 0.3 is 0 Å². The van der Waals surface area contributed by atoms with Crippen LogP contribution in [0.2, 0.25) is 5.02 Å². The van der Waals surface area contributed by atoms with Crippen LogP contribution in [0.25, 0.3) is 5.69 Å². The molecule has 108 valence electrons. The minimum absolute atomic E-state index is 0.0351. The first kappa shape index (κ1) is 15.0. The first-order valence-electron chi connectivity index (χ1n) is 5.95. The van der Waals surface area contributed by atoms with Crippen LogP contribution < -0.4 is 0 Å². The van der Waals surface area contributed by atoms with Crippen LogP contribution >= 0.6 is 11.6 Å². The second-order valence-corrected chi connectivity index (χ2v) is 7.26. The van der Waals surface area contributed by atoms with E-state index in [1.165, 1.54) is 23.1 Å². The standard InChI is InChI=1S/C13H14ClFN2O2S/c1-8(2)12-11(5-4-10(14)13(12)15)17-7-9(6-16-17)20(3,18)19/h4-8H,1-3H3. The number of hydrogen-bond acceptors (Lipinski definition) is 3. The maximum absolute atomic E-state index is 14.1. The first-order chi connectivity index (χ1) is 9.21. The Labute approximate surface area is 122 Å². The summed E-state index contributed by atoms with van der Waals surface area (Å²) in [6.45, 7) is 3.67. The van der Waals surface area contributed by atoms with Crippen LogP contribution in [0.15, 0.2) is 29.4 Å². The number of halogens is 2. The normalized spacial score (nSPS) is 12.1. The van der Waals surface area contributed by atoms with Crippen molar-refractivity contribution < 1.29 is 12.8 Å². The number of nitrogens with zero attached hydrogens (tertiary/aromatic N) is 2. The molecule has 1 heterocycles. The Kier molecular flexibility index (Phi) is 3.88. The molecule has 4 nitrogen and oxygen atoms in total. The molecule has 7 heteroatoms. The van der Waals surface area contributed by atoms with Crippen molar-refractivity contribution in [2.24, 2.45) is 0 Å². The fraction of sp³-hybridized carbons (Fsp3) is 0.308. The smallest absolute Gasteiger partial charge is 0.178 e. The Morgan fingerprint density at radius 3 is 2.50 bits per heavy atom. The summed E-state index contributed by atoms with van der Waals surface area (Å²) >= 11 is 5.79. The molecule has 0 N–H and O–H groups in total. The first-order valence-corrected chi connectivity index (χ1v) is 8.21. The van der Waals surface area contributed by atoms with Gasteiger partial charge in [-0.25, -0.2) is 17.5 Å². The van der Waals surface area contributed by atoms with Gasteiger partial charge in [0, 0.05) is 18.0 Å². The minimum atomic E-state index is -3.34. The quantitative estimate of drug-likeness (QED) is 0.874. The van der Waals surface area contributed by atoms with Gasteiger partial charge in [0.05, 0.1) is 16.9 Å². The van der Waals surface area contributed by atoms with Gasteiger partial charge in [0.2, 0.25) is 0 Å². The average molecular weight is 317 g/mol. The predicted octanol–water partition coefficient (Wildman–Crippen LogP) is 3.19. The molecule has 0 aliphatic heterocycles. The zero-order valence-corrected chi connectivity index (χ0v) is 12.8. The number of rotatable bonds is 3. The number of aromatic nitrogens is 2. The molecule has 0 amide bonds. The zero-order valence-electron chi connectivity index (χ0n) is 11.3. The predicted molar refractivity (Wildman–Crippen MR) is 75.7 cm³/mol. The third-order valence-electron chi connectivity index (χ3n) is 2.92. The lowest BCUT2D eigenvalue weighted by Gasteiger charge is -2.14. The Morgan fingerprint density at radius 2 is 2.00 bits per heavy atom. The van der Waals surface area contributed by atoms with Gasteiger partial charge in [-0.2, -0.15) is 5.10 Å². The monoisotopic (exact) mass is 316 g/mol. The minimum Gasteiger partial charge on any atom is -0.239 e. The SMILES string of the molecule is CC(C)c1c(-n2cc(S(C)(=O)=O)cn2)ccc(Cl)c1F. The van der Waals surface area contributed by atoms with Crippen molar-refractivity contribution in [3.8, 4) is 5.69 Å². The van der Waals surface area contributed by atoms with Gasteiger partial charge in [0.1, 0.15) is 10.7 Å².